The topological polar surface area (TPSA) is 94.1 Å². The van der Waals surface area contributed by atoms with Gasteiger partial charge in [-0.3, -0.25) is 14.6 Å². The third kappa shape index (κ3) is 15.7. The van der Waals surface area contributed by atoms with Gasteiger partial charge < -0.3 is 14.7 Å². The van der Waals surface area contributed by atoms with Gasteiger partial charge in [-0.2, -0.15) is 43.8 Å². The molecule has 0 spiro atoms. The van der Waals surface area contributed by atoms with E-state index in [-0.39, 0.29) is 37.5 Å². The molecule has 0 aromatic carbocycles. The molecule has 7 nitrogen and oxygen atoms in total. The normalized spacial score (nSPS) is 13.4. The van der Waals surface area contributed by atoms with Gasteiger partial charge in [0, 0.05) is 12.0 Å². The number of hydrogen-bond donors (Lipinski definition) is 0. The third-order valence-electron chi connectivity index (χ3n) is 5.93. The average Bonchev–Trinajstić information content (AvgIpc) is 2.88. The fraction of sp³-hybridized carbons (Fsp3) is 0.917. The molecular formula is C24H36F9LiO7S. The minimum absolute atomic E-state index is 0. The zero-order valence-corrected chi connectivity index (χ0v) is 24.4. The van der Waals surface area contributed by atoms with Gasteiger partial charge in [0.05, 0.1) is 26.1 Å². The summed E-state index contributed by atoms with van der Waals surface area (Å²) in [6.45, 7) is 0.393. The van der Waals surface area contributed by atoms with E-state index >= 15 is 0 Å². The van der Waals surface area contributed by atoms with Crippen molar-refractivity contribution in [2.24, 2.45) is 0 Å². The van der Waals surface area contributed by atoms with E-state index in [0.717, 1.165) is 32.1 Å². The minimum Gasteiger partial charge on any atom is -0.691 e. The fourth-order valence-corrected chi connectivity index (χ4v) is 3.97. The second kappa shape index (κ2) is 21.8. The van der Waals surface area contributed by atoms with Crippen LogP contribution in [0.4, 0.5) is 39.5 Å². The molecule has 0 bridgehead atoms. The zero-order chi connectivity index (χ0) is 31.6. The molecule has 0 aromatic heterocycles. The Morgan fingerprint density at radius 1 is 0.714 bits per heavy atom. The van der Waals surface area contributed by atoms with E-state index in [0.29, 0.717) is 6.42 Å². The number of carbonyl (C=O) groups excluding carboxylic acids is 2. The Hall–Kier alpha value is -0.863. The van der Waals surface area contributed by atoms with Gasteiger partial charge in [-0.05, 0) is 6.42 Å². The number of alkyl halides is 9. The van der Waals surface area contributed by atoms with E-state index in [2.05, 4.69) is 21.0 Å². The summed E-state index contributed by atoms with van der Waals surface area (Å²) in [6.07, 6.45) is 2.51. The third-order valence-corrected chi connectivity index (χ3v) is 6.65. The van der Waals surface area contributed by atoms with Crippen LogP contribution >= 0.6 is 12.0 Å². The first-order chi connectivity index (χ1) is 19.0. The predicted octanol–water partition coefficient (Wildman–Crippen LogP) is 4.27. The first kappa shape index (κ1) is 43.3. The van der Waals surface area contributed by atoms with Crippen LogP contribution in [0.2, 0.25) is 0 Å². The summed E-state index contributed by atoms with van der Waals surface area (Å²) in [5.74, 6) is -22.5. The summed E-state index contributed by atoms with van der Waals surface area (Å²) in [5, 5.41) is 11.2. The van der Waals surface area contributed by atoms with Gasteiger partial charge in [0.2, 0.25) is 0 Å². The van der Waals surface area contributed by atoms with Gasteiger partial charge in [-0.1, -0.05) is 77.6 Å². The molecule has 0 fully saturated rings. The first-order valence-corrected chi connectivity index (χ1v) is 14.0. The van der Waals surface area contributed by atoms with Gasteiger partial charge in [0.1, 0.15) is 5.25 Å². The maximum absolute atomic E-state index is 13.6. The van der Waals surface area contributed by atoms with Crippen LogP contribution in [0.25, 0.3) is 0 Å². The molecule has 0 amide bonds. The maximum atomic E-state index is 13.6. The molecule has 244 valence electrons. The molecule has 0 N–H and O–H groups in total. The van der Waals surface area contributed by atoms with Gasteiger partial charge >= 0.3 is 54.7 Å². The van der Waals surface area contributed by atoms with E-state index in [4.69, 9.17) is 4.74 Å². The van der Waals surface area contributed by atoms with Crippen molar-refractivity contribution in [1.29, 1.82) is 0 Å². The second-order valence-corrected chi connectivity index (χ2v) is 10.2. The summed E-state index contributed by atoms with van der Waals surface area (Å²) in [4.78, 5) is 24.0. The Balaban J connectivity index is 0. The molecular weight excluding hydrogens is 610 g/mol. The number of hydrogen-bond acceptors (Lipinski definition) is 8. The van der Waals surface area contributed by atoms with Crippen LogP contribution in [0.1, 0.15) is 96.8 Å². The molecule has 0 rings (SSSR count). The van der Waals surface area contributed by atoms with E-state index in [9.17, 15) is 54.4 Å². The largest absolute Gasteiger partial charge is 1.00 e. The Kier molecular flexibility index (Phi) is 22.4. The molecule has 0 aliphatic heterocycles. The van der Waals surface area contributed by atoms with Crippen LogP contribution in [-0.4, -0.2) is 54.3 Å². The van der Waals surface area contributed by atoms with E-state index < -0.39 is 60.6 Å². The average molecular weight is 647 g/mol. The van der Waals surface area contributed by atoms with Crippen molar-refractivity contribution >= 4 is 24.0 Å². The van der Waals surface area contributed by atoms with Crippen molar-refractivity contribution < 1.29 is 92.1 Å². The molecule has 0 radical (unpaired) electrons. The van der Waals surface area contributed by atoms with E-state index in [1.807, 2.05) is 0 Å². The summed E-state index contributed by atoms with van der Waals surface area (Å²) in [7, 11) is 0. The molecule has 0 saturated carbocycles. The Labute approximate surface area is 255 Å². The molecule has 42 heavy (non-hydrogen) atoms. The molecule has 0 aliphatic rings. The fourth-order valence-electron chi connectivity index (χ4n) is 3.50. The van der Waals surface area contributed by atoms with Crippen molar-refractivity contribution in [1.82, 2.24) is 0 Å². The van der Waals surface area contributed by atoms with Crippen molar-refractivity contribution in [3.8, 4) is 0 Å². The van der Waals surface area contributed by atoms with Crippen molar-refractivity contribution in [3.05, 3.63) is 0 Å². The number of carbonyl (C=O) groups is 2. The summed E-state index contributed by atoms with van der Waals surface area (Å²) in [5.41, 5.74) is 0. The quantitative estimate of drug-likeness (QED) is 0.0292. The molecule has 1 unspecified atom stereocenters. The number of unbranched alkanes of at least 4 members (excludes halogenated alkanes) is 11. The summed E-state index contributed by atoms with van der Waals surface area (Å²) >= 11 is -0.123. The molecule has 0 heterocycles. The zero-order valence-electron chi connectivity index (χ0n) is 23.6. The van der Waals surface area contributed by atoms with Crippen molar-refractivity contribution in [3.63, 3.8) is 0 Å². The van der Waals surface area contributed by atoms with Gasteiger partial charge in [-0.25, -0.2) is 0 Å². The van der Waals surface area contributed by atoms with Gasteiger partial charge in [0.15, 0.2) is 0 Å². The van der Waals surface area contributed by atoms with Gasteiger partial charge in [0.25, 0.3) is 0 Å². The first-order valence-electron chi connectivity index (χ1n) is 13.2. The number of esters is 2. The molecule has 0 saturated heterocycles. The summed E-state index contributed by atoms with van der Waals surface area (Å²) in [6, 6.07) is 0. The van der Waals surface area contributed by atoms with E-state index in [1.54, 1.807) is 0 Å². The second-order valence-electron chi connectivity index (χ2n) is 9.30. The smallest absolute Gasteiger partial charge is 0.691 e. The van der Waals surface area contributed by atoms with E-state index in [1.165, 1.54) is 38.5 Å². The SMILES string of the molecule is CCCCCCCCCCCCCCOC(=O)CC(SOO[O-])C(=O)OCCC(F)(F)C(F)(F)C(F)(F)C(F)(F)F.[Li+]. The predicted molar refractivity (Wildman–Crippen MR) is 127 cm³/mol. The van der Waals surface area contributed by atoms with Crippen molar-refractivity contribution in [2.45, 2.75) is 126 Å². The minimum atomic E-state index is -7.08. The molecule has 0 aliphatic carbocycles. The number of rotatable bonds is 24. The van der Waals surface area contributed by atoms with Crippen LogP contribution in [-0.2, 0) is 28.4 Å². The maximum Gasteiger partial charge on any atom is 1.00 e. The van der Waals surface area contributed by atoms with Crippen molar-refractivity contribution in [2.75, 3.05) is 13.2 Å². The van der Waals surface area contributed by atoms with Crippen LogP contribution < -0.4 is 24.1 Å². The van der Waals surface area contributed by atoms with Gasteiger partial charge in [-0.15, -0.1) is 0 Å². The molecule has 18 heteroatoms. The van der Waals surface area contributed by atoms with Crippen LogP contribution in [0.15, 0.2) is 0 Å². The van der Waals surface area contributed by atoms with Crippen LogP contribution in [0.5, 0.6) is 0 Å². The number of ether oxygens (including phenoxy) is 2. The standard InChI is InChI=1S/C24H37F9O7S.Li/c1-2-3-4-5-6-7-8-9-10-11-12-13-15-37-19(34)17-18(41-40-39-36)20(35)38-16-14-21(25,26)22(27,28)23(29,30)24(31,32)33;/h18,36H,2-17H2,1H3;/q;+1/p-1. The number of halogens is 9. The summed E-state index contributed by atoms with van der Waals surface area (Å²) < 4.78 is 129. The van der Waals surface area contributed by atoms with Crippen LogP contribution in [0.3, 0.4) is 0 Å². The Morgan fingerprint density at radius 3 is 1.64 bits per heavy atom. The monoisotopic (exact) mass is 646 g/mol. The Morgan fingerprint density at radius 2 is 1.19 bits per heavy atom. The van der Waals surface area contributed by atoms with Crippen LogP contribution in [0, 0.1) is 0 Å². The molecule has 0 aromatic rings. The Bertz CT molecular complexity index is 748. The molecule has 1 atom stereocenters.